The molecule has 2 aromatic carbocycles. The molecule has 2 aromatic rings. The molecule has 1 saturated carbocycles. The summed E-state index contributed by atoms with van der Waals surface area (Å²) in [5.41, 5.74) is 3.46. The maximum Gasteiger partial charge on any atom is 0.110 e. The number of aryl methyl sites for hydroxylation is 1. The van der Waals surface area contributed by atoms with Gasteiger partial charge in [-0.05, 0) is 68.3 Å². The van der Waals surface area contributed by atoms with Crippen molar-refractivity contribution in [1.82, 2.24) is 4.90 Å². The number of rotatable bonds is 9. The van der Waals surface area contributed by atoms with Crippen molar-refractivity contribution in [2.45, 2.75) is 63.7 Å². The molecule has 0 saturated heterocycles. The third-order valence-electron chi connectivity index (χ3n) is 6.05. The van der Waals surface area contributed by atoms with Gasteiger partial charge in [0.15, 0.2) is 0 Å². The molecule has 0 bridgehead atoms. The van der Waals surface area contributed by atoms with Crippen molar-refractivity contribution < 1.29 is 8.78 Å². The van der Waals surface area contributed by atoms with Crippen molar-refractivity contribution >= 4 is 0 Å². The predicted octanol–water partition coefficient (Wildman–Crippen LogP) is 6.13. The first-order chi connectivity index (χ1) is 13.7. The molecule has 0 spiro atoms. The Morgan fingerprint density at radius 2 is 1.46 bits per heavy atom. The third kappa shape index (κ3) is 5.88. The van der Waals surface area contributed by atoms with E-state index in [0.717, 1.165) is 44.5 Å². The standard InChI is InChI=1S/C25H33F2N/c1-2-28(19-17-20-8-4-3-5-9-20)18-7-10-21-13-15-22(16-14-21)25-23(26)11-6-12-24(25)27/h3-5,8-9,13-16,23-25H,2,6-7,10-12,17-19H2,1H3. The molecule has 3 rings (SSSR count). The molecule has 0 aliphatic heterocycles. The number of benzene rings is 2. The maximum atomic E-state index is 14.2. The van der Waals surface area contributed by atoms with E-state index in [4.69, 9.17) is 0 Å². The van der Waals surface area contributed by atoms with Crippen molar-refractivity contribution in [3.63, 3.8) is 0 Å². The van der Waals surface area contributed by atoms with Gasteiger partial charge in [-0.25, -0.2) is 8.78 Å². The molecule has 152 valence electrons. The van der Waals surface area contributed by atoms with Crippen molar-refractivity contribution in [2.75, 3.05) is 19.6 Å². The summed E-state index contributed by atoms with van der Waals surface area (Å²) in [6.07, 6.45) is 2.74. The van der Waals surface area contributed by atoms with Crippen molar-refractivity contribution in [3.05, 3.63) is 71.3 Å². The summed E-state index contributed by atoms with van der Waals surface area (Å²) in [6.45, 7) is 5.43. The molecular formula is C25H33F2N. The van der Waals surface area contributed by atoms with Gasteiger partial charge in [0.05, 0.1) is 0 Å². The Morgan fingerprint density at radius 3 is 2.11 bits per heavy atom. The minimum Gasteiger partial charge on any atom is -0.303 e. The lowest BCUT2D eigenvalue weighted by molar-refractivity contribution is 0.124. The molecule has 2 unspecified atom stereocenters. The quantitative estimate of drug-likeness (QED) is 0.502. The fourth-order valence-electron chi connectivity index (χ4n) is 4.28. The van der Waals surface area contributed by atoms with E-state index in [2.05, 4.69) is 54.3 Å². The highest BCUT2D eigenvalue weighted by Crippen LogP contribution is 2.37. The Bertz CT molecular complexity index is 675. The monoisotopic (exact) mass is 385 g/mol. The summed E-state index contributed by atoms with van der Waals surface area (Å²) in [5.74, 6) is -0.573. The van der Waals surface area contributed by atoms with Crippen LogP contribution >= 0.6 is 0 Å². The van der Waals surface area contributed by atoms with Gasteiger partial charge in [-0.2, -0.15) is 0 Å². The van der Waals surface area contributed by atoms with Crippen LogP contribution in [0.1, 0.15) is 55.2 Å². The predicted molar refractivity (Wildman–Crippen MR) is 113 cm³/mol. The number of alkyl halides is 2. The lowest BCUT2D eigenvalue weighted by atomic mass is 9.81. The normalized spacial score (nSPS) is 22.5. The van der Waals surface area contributed by atoms with Gasteiger partial charge in [-0.1, -0.05) is 61.5 Å². The zero-order valence-electron chi connectivity index (χ0n) is 17.0. The summed E-state index contributed by atoms with van der Waals surface area (Å²) >= 11 is 0. The highest BCUT2D eigenvalue weighted by atomic mass is 19.1. The molecule has 2 atom stereocenters. The van der Waals surface area contributed by atoms with Crippen LogP contribution in [-0.4, -0.2) is 36.9 Å². The van der Waals surface area contributed by atoms with Crippen LogP contribution in [-0.2, 0) is 12.8 Å². The molecule has 28 heavy (non-hydrogen) atoms. The van der Waals surface area contributed by atoms with E-state index in [9.17, 15) is 8.78 Å². The number of nitrogens with zero attached hydrogens (tertiary/aromatic N) is 1. The van der Waals surface area contributed by atoms with Crippen LogP contribution in [0.3, 0.4) is 0 Å². The van der Waals surface area contributed by atoms with Crippen LogP contribution in [0.5, 0.6) is 0 Å². The van der Waals surface area contributed by atoms with Crippen molar-refractivity contribution in [2.24, 2.45) is 0 Å². The average Bonchev–Trinajstić information content (AvgIpc) is 2.72. The molecule has 3 heteroatoms. The highest BCUT2D eigenvalue weighted by Gasteiger charge is 2.34. The van der Waals surface area contributed by atoms with Crippen molar-refractivity contribution in [3.8, 4) is 0 Å². The van der Waals surface area contributed by atoms with Crippen LogP contribution in [0, 0.1) is 0 Å². The van der Waals surface area contributed by atoms with E-state index >= 15 is 0 Å². The lowest BCUT2D eigenvalue weighted by Crippen LogP contribution is -2.28. The molecule has 0 radical (unpaired) electrons. The van der Waals surface area contributed by atoms with Crippen LogP contribution in [0.2, 0.25) is 0 Å². The summed E-state index contributed by atoms with van der Waals surface area (Å²) in [7, 11) is 0. The van der Waals surface area contributed by atoms with Crippen LogP contribution in [0.15, 0.2) is 54.6 Å². The smallest absolute Gasteiger partial charge is 0.110 e. The molecule has 1 aliphatic rings. The van der Waals surface area contributed by atoms with Gasteiger partial charge in [0.2, 0.25) is 0 Å². The fourth-order valence-corrected chi connectivity index (χ4v) is 4.28. The lowest BCUT2D eigenvalue weighted by Gasteiger charge is -2.29. The molecule has 1 fully saturated rings. The Balaban J connectivity index is 1.45. The van der Waals surface area contributed by atoms with Gasteiger partial charge in [0.25, 0.3) is 0 Å². The minimum absolute atomic E-state index is 0.489. The van der Waals surface area contributed by atoms with Gasteiger partial charge >= 0.3 is 0 Å². The minimum atomic E-state index is -1.04. The third-order valence-corrected chi connectivity index (χ3v) is 6.05. The van der Waals surface area contributed by atoms with Gasteiger partial charge in [-0.15, -0.1) is 0 Å². The second-order valence-corrected chi connectivity index (χ2v) is 8.00. The number of halogens is 2. The van der Waals surface area contributed by atoms with E-state index in [1.165, 1.54) is 11.1 Å². The topological polar surface area (TPSA) is 3.24 Å². The number of hydrogen-bond acceptors (Lipinski definition) is 1. The van der Waals surface area contributed by atoms with E-state index in [-0.39, 0.29) is 0 Å². The largest absolute Gasteiger partial charge is 0.303 e. The zero-order valence-corrected chi connectivity index (χ0v) is 17.0. The van der Waals surface area contributed by atoms with Crippen LogP contribution in [0.4, 0.5) is 8.78 Å². The van der Waals surface area contributed by atoms with Crippen LogP contribution in [0.25, 0.3) is 0 Å². The first-order valence-electron chi connectivity index (χ1n) is 10.8. The average molecular weight is 386 g/mol. The van der Waals surface area contributed by atoms with Gasteiger partial charge in [0, 0.05) is 12.5 Å². The second kappa shape index (κ2) is 10.7. The molecule has 1 aliphatic carbocycles. The molecular weight excluding hydrogens is 352 g/mol. The van der Waals surface area contributed by atoms with Gasteiger partial charge in [0.1, 0.15) is 12.3 Å². The maximum absolute atomic E-state index is 14.2. The summed E-state index contributed by atoms with van der Waals surface area (Å²) in [4.78, 5) is 2.49. The Hall–Kier alpha value is -1.74. The van der Waals surface area contributed by atoms with Crippen LogP contribution < -0.4 is 0 Å². The fraction of sp³-hybridized carbons (Fsp3) is 0.520. The second-order valence-electron chi connectivity index (χ2n) is 8.00. The number of hydrogen-bond donors (Lipinski definition) is 0. The first kappa shape index (κ1) is 21.0. The molecule has 0 N–H and O–H groups in total. The zero-order chi connectivity index (χ0) is 19.8. The summed E-state index contributed by atoms with van der Waals surface area (Å²) < 4.78 is 28.3. The van der Waals surface area contributed by atoms with E-state index in [1.807, 2.05) is 12.1 Å². The Labute approximate surface area is 168 Å². The Morgan fingerprint density at radius 1 is 0.821 bits per heavy atom. The molecule has 0 heterocycles. The Kier molecular flexibility index (Phi) is 8.02. The van der Waals surface area contributed by atoms with E-state index in [1.54, 1.807) is 0 Å². The van der Waals surface area contributed by atoms with Crippen molar-refractivity contribution in [1.29, 1.82) is 0 Å². The SMILES string of the molecule is CCN(CCCc1ccc(C2C(F)CCCC2F)cc1)CCc1ccccc1. The summed E-state index contributed by atoms with van der Waals surface area (Å²) in [5, 5.41) is 0. The first-order valence-corrected chi connectivity index (χ1v) is 10.8. The van der Waals surface area contributed by atoms with Gasteiger partial charge < -0.3 is 4.90 Å². The highest BCUT2D eigenvalue weighted by molar-refractivity contribution is 5.28. The molecule has 0 aromatic heterocycles. The van der Waals surface area contributed by atoms with E-state index in [0.29, 0.717) is 19.3 Å². The molecule has 0 amide bonds. The molecule has 1 nitrogen and oxygen atoms in total. The van der Waals surface area contributed by atoms with Gasteiger partial charge in [-0.3, -0.25) is 0 Å². The number of likely N-dealkylation sites (N-methyl/N-ethyl adjacent to an activating group) is 1. The summed E-state index contributed by atoms with van der Waals surface area (Å²) in [6, 6.07) is 18.6. The van der Waals surface area contributed by atoms with E-state index < -0.39 is 18.3 Å².